The molecule has 146 valence electrons. The van der Waals surface area contributed by atoms with Gasteiger partial charge in [-0.2, -0.15) is 10.1 Å². The number of rotatable bonds is 4. The van der Waals surface area contributed by atoms with Crippen LogP contribution in [0.25, 0.3) is 0 Å². The fourth-order valence-corrected chi connectivity index (χ4v) is 3.36. The van der Waals surface area contributed by atoms with Gasteiger partial charge in [-0.05, 0) is 43.1 Å². The van der Waals surface area contributed by atoms with E-state index >= 15 is 0 Å². The molecule has 6 nitrogen and oxygen atoms in total. The van der Waals surface area contributed by atoms with E-state index in [1.807, 2.05) is 58.0 Å². The minimum Gasteiger partial charge on any atom is -0.328 e. The molecule has 7 heteroatoms. The molecule has 1 fully saturated rings. The molecule has 1 atom stereocenters. The van der Waals surface area contributed by atoms with Crippen LogP contribution in [-0.2, 0) is 6.54 Å². The molecule has 4 rings (SSSR count). The Morgan fingerprint density at radius 2 is 1.93 bits per heavy atom. The molecule has 0 radical (unpaired) electrons. The van der Waals surface area contributed by atoms with Crippen molar-refractivity contribution in [1.82, 2.24) is 19.7 Å². The molecule has 1 saturated heterocycles. The van der Waals surface area contributed by atoms with Crippen molar-refractivity contribution in [2.75, 3.05) is 13.1 Å². The second kappa shape index (κ2) is 9.48. The number of amides is 1. The van der Waals surface area contributed by atoms with Gasteiger partial charge in [0.25, 0.3) is 5.91 Å². The van der Waals surface area contributed by atoms with Crippen molar-refractivity contribution in [3.05, 3.63) is 83.7 Å². The molecule has 0 spiro atoms. The summed E-state index contributed by atoms with van der Waals surface area (Å²) in [5.74, 6) is -0.314. The van der Waals surface area contributed by atoms with Crippen molar-refractivity contribution in [3.63, 3.8) is 0 Å². The Hall–Kier alpha value is -2.70. The molecule has 28 heavy (non-hydrogen) atoms. The zero-order chi connectivity index (χ0) is 18.5. The lowest BCUT2D eigenvalue weighted by atomic mass is 10.1. The molecule has 1 unspecified atom stereocenters. The predicted octanol–water partition coefficient (Wildman–Crippen LogP) is 2.82. The molecular formula is C21H24ClN5O. The molecule has 1 aliphatic rings. The van der Waals surface area contributed by atoms with Crippen LogP contribution >= 0.6 is 12.4 Å². The third-order valence-electron chi connectivity index (χ3n) is 4.80. The summed E-state index contributed by atoms with van der Waals surface area (Å²) >= 11 is 0. The third kappa shape index (κ3) is 4.77. The van der Waals surface area contributed by atoms with E-state index in [9.17, 15) is 4.79 Å². The normalized spacial score (nSPS) is 17.1. The maximum atomic E-state index is 12.6. The molecule has 0 bridgehead atoms. The Balaban J connectivity index is 0.00000225. The number of pyridine rings is 1. The zero-order valence-corrected chi connectivity index (χ0v) is 16.4. The summed E-state index contributed by atoms with van der Waals surface area (Å²) in [4.78, 5) is 17.0. The van der Waals surface area contributed by atoms with Crippen LogP contribution in [0.5, 0.6) is 0 Å². The van der Waals surface area contributed by atoms with Gasteiger partial charge >= 0.3 is 0 Å². The molecular weight excluding hydrogens is 374 g/mol. The summed E-state index contributed by atoms with van der Waals surface area (Å²) in [6, 6.07) is 17.9. The van der Waals surface area contributed by atoms with Gasteiger partial charge in [-0.15, -0.1) is 12.4 Å². The maximum absolute atomic E-state index is 12.6. The highest BCUT2D eigenvalue weighted by atomic mass is 35.5. The van der Waals surface area contributed by atoms with Crippen LogP contribution in [0, 0.1) is 0 Å². The van der Waals surface area contributed by atoms with Crippen LogP contribution in [0.15, 0.2) is 72.0 Å². The van der Waals surface area contributed by atoms with Crippen LogP contribution in [0.2, 0.25) is 0 Å². The first-order chi connectivity index (χ1) is 13.3. The Morgan fingerprint density at radius 1 is 1.11 bits per heavy atom. The standard InChI is InChI=1S/C21H23N5O.ClH/c27-21(19-11-14-26(24-19)18-9-6-12-22-15-18)23-20-10-4-5-13-25(20)16-17-7-2-1-3-8-17;/h1-5,7-8,10-11,13-14,18,22H,6,9,12,15-16H2;1H. The second-order valence-corrected chi connectivity index (χ2v) is 6.77. The number of benzene rings is 1. The van der Waals surface area contributed by atoms with Gasteiger partial charge in [-0.1, -0.05) is 36.4 Å². The Bertz CT molecular complexity index is 973. The molecule has 2 aromatic heterocycles. The van der Waals surface area contributed by atoms with Crippen LogP contribution < -0.4 is 10.8 Å². The first-order valence-electron chi connectivity index (χ1n) is 9.34. The van der Waals surface area contributed by atoms with Crippen LogP contribution in [-0.4, -0.2) is 33.3 Å². The minimum atomic E-state index is -0.314. The first-order valence-corrected chi connectivity index (χ1v) is 9.34. The van der Waals surface area contributed by atoms with Crippen molar-refractivity contribution in [3.8, 4) is 0 Å². The number of nitrogens with one attached hydrogen (secondary N) is 1. The van der Waals surface area contributed by atoms with Crippen LogP contribution in [0.3, 0.4) is 0 Å². The largest absolute Gasteiger partial charge is 0.328 e. The van der Waals surface area contributed by atoms with Crippen molar-refractivity contribution in [1.29, 1.82) is 0 Å². The smallest absolute Gasteiger partial charge is 0.299 e. The molecule has 1 aliphatic heterocycles. The average molecular weight is 398 g/mol. The van der Waals surface area contributed by atoms with E-state index in [1.54, 1.807) is 6.07 Å². The number of halogens is 1. The second-order valence-electron chi connectivity index (χ2n) is 6.77. The third-order valence-corrected chi connectivity index (χ3v) is 4.80. The van der Waals surface area contributed by atoms with Crippen molar-refractivity contribution >= 4 is 18.3 Å². The molecule has 0 saturated carbocycles. The van der Waals surface area contributed by atoms with Gasteiger partial charge in [-0.25, -0.2) is 0 Å². The fourth-order valence-electron chi connectivity index (χ4n) is 3.36. The summed E-state index contributed by atoms with van der Waals surface area (Å²) in [5, 5.41) is 7.84. The topological polar surface area (TPSA) is 64.2 Å². The van der Waals surface area contributed by atoms with Gasteiger partial charge in [0, 0.05) is 25.5 Å². The van der Waals surface area contributed by atoms with E-state index < -0.39 is 0 Å². The SMILES string of the molecule is Cl.O=C(N=c1ccccn1Cc1ccccc1)c1ccn(C2CCCNC2)n1. The maximum Gasteiger partial charge on any atom is 0.299 e. The van der Waals surface area contributed by atoms with E-state index in [0.717, 1.165) is 31.5 Å². The number of nitrogens with zero attached hydrogens (tertiary/aromatic N) is 4. The van der Waals surface area contributed by atoms with Gasteiger partial charge in [0.1, 0.15) is 5.49 Å². The molecule has 1 N–H and O–H groups in total. The number of carbonyl (C=O) groups is 1. The Kier molecular flexibility index (Phi) is 6.79. The van der Waals surface area contributed by atoms with Crippen LogP contribution in [0.4, 0.5) is 0 Å². The van der Waals surface area contributed by atoms with Crippen LogP contribution in [0.1, 0.15) is 34.9 Å². The Morgan fingerprint density at radius 3 is 2.71 bits per heavy atom. The van der Waals surface area contributed by atoms with Gasteiger partial charge in [-0.3, -0.25) is 9.48 Å². The molecule has 0 aliphatic carbocycles. The molecule has 1 amide bonds. The minimum absolute atomic E-state index is 0. The summed E-state index contributed by atoms with van der Waals surface area (Å²) in [5.41, 5.74) is 2.17. The summed E-state index contributed by atoms with van der Waals surface area (Å²) in [6.07, 6.45) is 6.02. The van der Waals surface area contributed by atoms with E-state index in [-0.39, 0.29) is 18.3 Å². The number of aromatic nitrogens is 3. The van der Waals surface area contributed by atoms with E-state index in [2.05, 4.69) is 27.5 Å². The van der Waals surface area contributed by atoms with E-state index in [0.29, 0.717) is 23.8 Å². The summed E-state index contributed by atoms with van der Waals surface area (Å²) < 4.78 is 3.85. The van der Waals surface area contributed by atoms with Crippen molar-refractivity contribution in [2.45, 2.75) is 25.4 Å². The number of piperidine rings is 1. The highest BCUT2D eigenvalue weighted by Gasteiger charge is 2.17. The Labute approximate surface area is 170 Å². The summed E-state index contributed by atoms with van der Waals surface area (Å²) in [6.45, 7) is 2.60. The van der Waals surface area contributed by atoms with Crippen molar-refractivity contribution in [2.24, 2.45) is 4.99 Å². The lowest BCUT2D eigenvalue weighted by molar-refractivity contribution is 0.0991. The molecule has 3 aromatic rings. The monoisotopic (exact) mass is 397 g/mol. The quantitative estimate of drug-likeness (QED) is 0.736. The lowest BCUT2D eigenvalue weighted by Crippen LogP contribution is -2.32. The van der Waals surface area contributed by atoms with Gasteiger partial charge in [0.05, 0.1) is 6.04 Å². The molecule has 3 heterocycles. The average Bonchev–Trinajstić information content (AvgIpc) is 3.21. The van der Waals surface area contributed by atoms with Gasteiger partial charge < -0.3 is 9.88 Å². The summed E-state index contributed by atoms with van der Waals surface area (Å²) in [7, 11) is 0. The number of carbonyl (C=O) groups excluding carboxylic acids is 1. The van der Waals surface area contributed by atoms with E-state index in [1.165, 1.54) is 0 Å². The lowest BCUT2D eigenvalue weighted by Gasteiger charge is -2.22. The first kappa shape index (κ1) is 20.0. The molecule has 1 aromatic carbocycles. The predicted molar refractivity (Wildman–Crippen MR) is 110 cm³/mol. The fraction of sp³-hybridized carbons (Fsp3) is 0.286. The number of hydrogen-bond acceptors (Lipinski definition) is 3. The number of hydrogen-bond donors (Lipinski definition) is 1. The van der Waals surface area contributed by atoms with Gasteiger partial charge in [0.2, 0.25) is 0 Å². The van der Waals surface area contributed by atoms with Gasteiger partial charge in [0.15, 0.2) is 5.69 Å². The zero-order valence-electron chi connectivity index (χ0n) is 15.6. The van der Waals surface area contributed by atoms with Crippen molar-refractivity contribution < 1.29 is 4.79 Å². The highest BCUT2D eigenvalue weighted by Crippen LogP contribution is 2.15. The van der Waals surface area contributed by atoms with E-state index in [4.69, 9.17) is 0 Å². The highest BCUT2D eigenvalue weighted by molar-refractivity contribution is 5.92.